The molecule has 0 aliphatic heterocycles. The van der Waals surface area contributed by atoms with Crippen LogP contribution >= 0.6 is 0 Å². The highest BCUT2D eigenvalue weighted by molar-refractivity contribution is 5.61. The zero-order chi connectivity index (χ0) is 14.9. The van der Waals surface area contributed by atoms with Gasteiger partial charge in [0.2, 0.25) is 0 Å². The van der Waals surface area contributed by atoms with E-state index < -0.39 is 0 Å². The standard InChI is InChI=1S/C17H24N4/c1-3-5-9-12-19-16-13-15(18-4-2)20-17(21-16)14-10-7-6-8-11-14/h6-8,10-11,13H,3-5,9,12H2,1-2H3,(H2,18,19,20,21). The number of rotatable bonds is 8. The monoisotopic (exact) mass is 284 g/mol. The number of unbranched alkanes of at least 4 members (excludes halogenated alkanes) is 2. The van der Waals surface area contributed by atoms with Gasteiger partial charge in [0.05, 0.1) is 0 Å². The van der Waals surface area contributed by atoms with Crippen LogP contribution in [0.25, 0.3) is 11.4 Å². The molecular formula is C17H24N4. The Bertz CT molecular complexity index is 540. The molecule has 0 saturated heterocycles. The molecule has 0 unspecified atom stereocenters. The van der Waals surface area contributed by atoms with E-state index >= 15 is 0 Å². The Hall–Kier alpha value is -2.10. The van der Waals surface area contributed by atoms with Gasteiger partial charge >= 0.3 is 0 Å². The van der Waals surface area contributed by atoms with Gasteiger partial charge in [-0.05, 0) is 13.3 Å². The molecule has 0 saturated carbocycles. The lowest BCUT2D eigenvalue weighted by Crippen LogP contribution is -2.07. The van der Waals surface area contributed by atoms with Crippen LogP contribution in [-0.2, 0) is 0 Å². The van der Waals surface area contributed by atoms with Crippen molar-refractivity contribution in [3.8, 4) is 11.4 Å². The van der Waals surface area contributed by atoms with E-state index in [0.717, 1.165) is 42.5 Å². The Balaban J connectivity index is 2.18. The van der Waals surface area contributed by atoms with Gasteiger partial charge in [-0.2, -0.15) is 0 Å². The van der Waals surface area contributed by atoms with Crippen LogP contribution < -0.4 is 10.6 Å². The second-order valence-electron chi connectivity index (χ2n) is 4.99. The number of hydrogen-bond acceptors (Lipinski definition) is 4. The maximum atomic E-state index is 4.62. The van der Waals surface area contributed by atoms with Crippen LogP contribution in [0, 0.1) is 0 Å². The summed E-state index contributed by atoms with van der Waals surface area (Å²) in [6, 6.07) is 12.1. The minimum Gasteiger partial charge on any atom is -0.370 e. The highest BCUT2D eigenvalue weighted by Gasteiger charge is 2.06. The van der Waals surface area contributed by atoms with Gasteiger partial charge in [0.15, 0.2) is 5.82 Å². The van der Waals surface area contributed by atoms with Crippen LogP contribution in [0.15, 0.2) is 36.4 Å². The summed E-state index contributed by atoms with van der Waals surface area (Å²) in [5.41, 5.74) is 1.04. The quantitative estimate of drug-likeness (QED) is 0.714. The number of hydrogen-bond donors (Lipinski definition) is 2. The van der Waals surface area contributed by atoms with Gasteiger partial charge in [-0.3, -0.25) is 0 Å². The second-order valence-corrected chi connectivity index (χ2v) is 4.99. The molecule has 1 aromatic heterocycles. The van der Waals surface area contributed by atoms with Crippen molar-refractivity contribution in [2.24, 2.45) is 0 Å². The first-order valence-corrected chi connectivity index (χ1v) is 7.75. The van der Waals surface area contributed by atoms with Gasteiger partial charge in [-0.25, -0.2) is 9.97 Å². The fourth-order valence-electron chi connectivity index (χ4n) is 2.12. The average Bonchev–Trinajstić information content (AvgIpc) is 2.53. The summed E-state index contributed by atoms with van der Waals surface area (Å²) < 4.78 is 0. The molecule has 4 heteroatoms. The number of aromatic nitrogens is 2. The third kappa shape index (κ3) is 4.74. The van der Waals surface area contributed by atoms with Crippen molar-refractivity contribution in [3.05, 3.63) is 36.4 Å². The fourth-order valence-corrected chi connectivity index (χ4v) is 2.12. The van der Waals surface area contributed by atoms with E-state index in [4.69, 9.17) is 0 Å². The van der Waals surface area contributed by atoms with Gasteiger partial charge in [0.1, 0.15) is 11.6 Å². The van der Waals surface area contributed by atoms with Crippen molar-refractivity contribution in [2.75, 3.05) is 23.7 Å². The second kappa shape index (κ2) is 8.25. The molecule has 2 N–H and O–H groups in total. The number of nitrogens with one attached hydrogen (secondary N) is 2. The van der Waals surface area contributed by atoms with Crippen LogP contribution in [-0.4, -0.2) is 23.1 Å². The summed E-state index contributed by atoms with van der Waals surface area (Å²) in [7, 11) is 0. The van der Waals surface area contributed by atoms with Crippen LogP contribution in [0.1, 0.15) is 33.1 Å². The lowest BCUT2D eigenvalue weighted by molar-refractivity contribution is 0.742. The van der Waals surface area contributed by atoms with Crippen molar-refractivity contribution >= 4 is 11.6 Å². The maximum absolute atomic E-state index is 4.62. The van der Waals surface area contributed by atoms with E-state index in [1.807, 2.05) is 36.4 Å². The minimum atomic E-state index is 0.757. The van der Waals surface area contributed by atoms with Gasteiger partial charge in [0.25, 0.3) is 0 Å². The highest BCUT2D eigenvalue weighted by atomic mass is 15.1. The van der Waals surface area contributed by atoms with Crippen molar-refractivity contribution in [1.82, 2.24) is 9.97 Å². The van der Waals surface area contributed by atoms with E-state index in [-0.39, 0.29) is 0 Å². The first kappa shape index (κ1) is 15.3. The summed E-state index contributed by atoms with van der Waals surface area (Å²) in [4.78, 5) is 9.20. The van der Waals surface area contributed by atoms with Gasteiger partial charge in [0, 0.05) is 24.7 Å². The lowest BCUT2D eigenvalue weighted by atomic mass is 10.2. The molecule has 21 heavy (non-hydrogen) atoms. The Morgan fingerprint density at radius 2 is 1.62 bits per heavy atom. The Morgan fingerprint density at radius 3 is 2.29 bits per heavy atom. The normalized spacial score (nSPS) is 10.4. The molecule has 0 spiro atoms. The molecular weight excluding hydrogens is 260 g/mol. The van der Waals surface area contributed by atoms with Crippen molar-refractivity contribution in [1.29, 1.82) is 0 Å². The largest absolute Gasteiger partial charge is 0.370 e. The Kier molecular flexibility index (Phi) is 6.00. The summed E-state index contributed by atoms with van der Waals surface area (Å²) in [6.07, 6.45) is 3.63. The van der Waals surface area contributed by atoms with Crippen LogP contribution in [0.4, 0.5) is 11.6 Å². The number of nitrogens with zero attached hydrogens (tertiary/aromatic N) is 2. The summed E-state index contributed by atoms with van der Waals surface area (Å²) >= 11 is 0. The van der Waals surface area contributed by atoms with Crippen molar-refractivity contribution in [3.63, 3.8) is 0 Å². The van der Waals surface area contributed by atoms with E-state index in [1.165, 1.54) is 12.8 Å². The Labute approximate surface area is 127 Å². The molecule has 0 amide bonds. The molecule has 1 heterocycles. The molecule has 0 fully saturated rings. The molecule has 112 valence electrons. The molecule has 2 aromatic rings. The third-order valence-corrected chi connectivity index (χ3v) is 3.20. The summed E-state index contributed by atoms with van der Waals surface area (Å²) in [6.45, 7) is 6.07. The van der Waals surface area contributed by atoms with Crippen LogP contribution in [0.5, 0.6) is 0 Å². The molecule has 0 radical (unpaired) electrons. The molecule has 0 aliphatic carbocycles. The van der Waals surface area contributed by atoms with Crippen LogP contribution in [0.3, 0.4) is 0 Å². The SMILES string of the molecule is CCCCCNc1cc(NCC)nc(-c2ccccc2)n1. The van der Waals surface area contributed by atoms with Gasteiger partial charge in [-0.15, -0.1) is 0 Å². The lowest BCUT2D eigenvalue weighted by Gasteiger charge is -2.10. The first-order chi connectivity index (χ1) is 10.3. The van der Waals surface area contributed by atoms with E-state index in [2.05, 4.69) is 34.4 Å². The third-order valence-electron chi connectivity index (χ3n) is 3.20. The molecule has 0 atom stereocenters. The van der Waals surface area contributed by atoms with E-state index in [1.54, 1.807) is 0 Å². The van der Waals surface area contributed by atoms with Crippen LogP contribution in [0.2, 0.25) is 0 Å². The first-order valence-electron chi connectivity index (χ1n) is 7.75. The topological polar surface area (TPSA) is 49.8 Å². The zero-order valence-electron chi connectivity index (χ0n) is 12.9. The van der Waals surface area contributed by atoms with Gasteiger partial charge < -0.3 is 10.6 Å². The molecule has 4 nitrogen and oxygen atoms in total. The average molecular weight is 284 g/mol. The van der Waals surface area contributed by atoms with Gasteiger partial charge in [-0.1, -0.05) is 50.1 Å². The van der Waals surface area contributed by atoms with E-state index in [9.17, 15) is 0 Å². The molecule has 0 aliphatic rings. The van der Waals surface area contributed by atoms with Crippen molar-refractivity contribution in [2.45, 2.75) is 33.1 Å². The fraction of sp³-hybridized carbons (Fsp3) is 0.412. The molecule has 0 bridgehead atoms. The summed E-state index contributed by atoms with van der Waals surface area (Å²) in [5.74, 6) is 2.51. The molecule has 1 aromatic carbocycles. The van der Waals surface area contributed by atoms with Crippen molar-refractivity contribution < 1.29 is 0 Å². The minimum absolute atomic E-state index is 0.757. The number of benzene rings is 1. The highest BCUT2D eigenvalue weighted by Crippen LogP contribution is 2.20. The van der Waals surface area contributed by atoms with E-state index in [0.29, 0.717) is 0 Å². The summed E-state index contributed by atoms with van der Waals surface area (Å²) in [5, 5.41) is 6.67. The smallest absolute Gasteiger partial charge is 0.163 e. The number of anilines is 2. The zero-order valence-corrected chi connectivity index (χ0v) is 12.9. The Morgan fingerprint density at radius 1 is 0.905 bits per heavy atom. The predicted octanol–water partition coefficient (Wildman–Crippen LogP) is 4.18. The molecule has 2 rings (SSSR count). The predicted molar refractivity (Wildman–Crippen MR) is 89.6 cm³/mol. The maximum Gasteiger partial charge on any atom is 0.163 e.